The molecule has 0 radical (unpaired) electrons. The van der Waals surface area contributed by atoms with Crippen LogP contribution in [-0.4, -0.2) is 26.3 Å². The van der Waals surface area contributed by atoms with Gasteiger partial charge >= 0.3 is 0 Å². The fraction of sp³-hybridized carbons (Fsp3) is 0.368. The second-order valence-electron chi connectivity index (χ2n) is 5.95. The maximum Gasteiger partial charge on any atom is 0.119 e. The normalized spacial score (nSPS) is 11.3. The summed E-state index contributed by atoms with van der Waals surface area (Å²) in [5.41, 5.74) is 13.3. The van der Waals surface area contributed by atoms with E-state index in [1.54, 1.807) is 0 Å². The Labute approximate surface area is 138 Å². The SMILES string of the molecule is CC(C)(c1ccc(OCCN)cc1)c1ccc(OCCN)cc1. The molecule has 0 aliphatic heterocycles. The molecule has 2 rings (SSSR count). The lowest BCUT2D eigenvalue weighted by Crippen LogP contribution is -2.19. The topological polar surface area (TPSA) is 70.5 Å². The van der Waals surface area contributed by atoms with Crippen LogP contribution >= 0.6 is 0 Å². The van der Waals surface area contributed by atoms with E-state index in [9.17, 15) is 0 Å². The quantitative estimate of drug-likeness (QED) is 0.786. The molecule has 0 atom stereocenters. The smallest absolute Gasteiger partial charge is 0.119 e. The van der Waals surface area contributed by atoms with E-state index in [0.29, 0.717) is 26.3 Å². The van der Waals surface area contributed by atoms with Gasteiger partial charge in [-0.3, -0.25) is 0 Å². The van der Waals surface area contributed by atoms with Gasteiger partial charge in [0.2, 0.25) is 0 Å². The monoisotopic (exact) mass is 314 g/mol. The number of ether oxygens (including phenoxy) is 2. The molecule has 0 unspecified atom stereocenters. The number of hydrogen-bond donors (Lipinski definition) is 2. The highest BCUT2D eigenvalue weighted by Gasteiger charge is 2.23. The van der Waals surface area contributed by atoms with Crippen LogP contribution in [0.2, 0.25) is 0 Å². The van der Waals surface area contributed by atoms with Crippen LogP contribution in [0.4, 0.5) is 0 Å². The summed E-state index contributed by atoms with van der Waals surface area (Å²) in [4.78, 5) is 0. The van der Waals surface area contributed by atoms with E-state index in [2.05, 4.69) is 38.1 Å². The van der Waals surface area contributed by atoms with Gasteiger partial charge in [0.05, 0.1) is 0 Å². The van der Waals surface area contributed by atoms with Gasteiger partial charge in [-0.2, -0.15) is 0 Å². The van der Waals surface area contributed by atoms with Gasteiger partial charge in [0.15, 0.2) is 0 Å². The predicted molar refractivity (Wildman–Crippen MR) is 94.1 cm³/mol. The number of benzene rings is 2. The fourth-order valence-corrected chi connectivity index (χ4v) is 2.46. The summed E-state index contributed by atoms with van der Waals surface area (Å²) in [5, 5.41) is 0. The van der Waals surface area contributed by atoms with Gasteiger partial charge in [-0.15, -0.1) is 0 Å². The molecule has 0 amide bonds. The lowest BCUT2D eigenvalue weighted by molar-refractivity contribution is 0.328. The lowest BCUT2D eigenvalue weighted by atomic mass is 9.78. The maximum atomic E-state index is 5.53. The van der Waals surface area contributed by atoms with Crippen LogP contribution in [0.25, 0.3) is 0 Å². The zero-order chi connectivity index (χ0) is 16.7. The van der Waals surface area contributed by atoms with Crippen molar-refractivity contribution in [2.75, 3.05) is 26.3 Å². The first-order valence-corrected chi connectivity index (χ1v) is 7.94. The van der Waals surface area contributed by atoms with Crippen LogP contribution in [0.3, 0.4) is 0 Å². The maximum absolute atomic E-state index is 5.53. The van der Waals surface area contributed by atoms with Gasteiger partial charge in [-0.25, -0.2) is 0 Å². The molecule has 23 heavy (non-hydrogen) atoms. The third-order valence-electron chi connectivity index (χ3n) is 3.93. The van der Waals surface area contributed by atoms with Crippen molar-refractivity contribution < 1.29 is 9.47 Å². The molecule has 2 aromatic rings. The second kappa shape index (κ2) is 7.99. The molecule has 0 heterocycles. The molecule has 0 fully saturated rings. The van der Waals surface area contributed by atoms with E-state index >= 15 is 0 Å². The molecule has 0 spiro atoms. The van der Waals surface area contributed by atoms with E-state index < -0.39 is 0 Å². The zero-order valence-corrected chi connectivity index (χ0v) is 13.9. The van der Waals surface area contributed by atoms with Crippen molar-refractivity contribution in [1.82, 2.24) is 0 Å². The highest BCUT2D eigenvalue weighted by molar-refractivity contribution is 5.41. The second-order valence-corrected chi connectivity index (χ2v) is 5.95. The van der Waals surface area contributed by atoms with Crippen molar-refractivity contribution in [3.8, 4) is 11.5 Å². The average Bonchev–Trinajstić information content (AvgIpc) is 2.59. The van der Waals surface area contributed by atoms with Crippen LogP contribution in [0, 0.1) is 0 Å². The average molecular weight is 314 g/mol. The van der Waals surface area contributed by atoms with E-state index in [1.165, 1.54) is 11.1 Å². The highest BCUT2D eigenvalue weighted by atomic mass is 16.5. The molecule has 4 heteroatoms. The van der Waals surface area contributed by atoms with Crippen molar-refractivity contribution in [3.05, 3.63) is 59.7 Å². The van der Waals surface area contributed by atoms with Gasteiger partial charge in [-0.05, 0) is 35.4 Å². The van der Waals surface area contributed by atoms with Crippen LogP contribution in [-0.2, 0) is 5.41 Å². The van der Waals surface area contributed by atoms with Crippen LogP contribution in [0.5, 0.6) is 11.5 Å². The molecule has 4 N–H and O–H groups in total. The highest BCUT2D eigenvalue weighted by Crippen LogP contribution is 2.33. The molecule has 4 nitrogen and oxygen atoms in total. The van der Waals surface area contributed by atoms with Gasteiger partial charge in [-0.1, -0.05) is 38.1 Å². The first-order valence-electron chi connectivity index (χ1n) is 7.94. The van der Waals surface area contributed by atoms with Crippen molar-refractivity contribution >= 4 is 0 Å². The van der Waals surface area contributed by atoms with Gasteiger partial charge < -0.3 is 20.9 Å². The Balaban J connectivity index is 2.13. The van der Waals surface area contributed by atoms with E-state index in [-0.39, 0.29) is 5.41 Å². The Morgan fingerprint density at radius 3 is 1.35 bits per heavy atom. The predicted octanol–water partition coefficient (Wildman–Crippen LogP) is 2.69. The molecule has 0 saturated heterocycles. The third-order valence-corrected chi connectivity index (χ3v) is 3.93. The Kier molecular flexibility index (Phi) is 6.02. The fourth-order valence-electron chi connectivity index (χ4n) is 2.46. The number of rotatable bonds is 8. The van der Waals surface area contributed by atoms with Gasteiger partial charge in [0, 0.05) is 18.5 Å². The Bertz CT molecular complexity index is 538. The molecule has 0 saturated carbocycles. The Morgan fingerprint density at radius 1 is 0.696 bits per heavy atom. The Hall–Kier alpha value is -2.04. The molecule has 0 aliphatic rings. The lowest BCUT2D eigenvalue weighted by Gasteiger charge is -2.26. The summed E-state index contributed by atoms with van der Waals surface area (Å²) in [7, 11) is 0. The summed E-state index contributed by atoms with van der Waals surface area (Å²) in [6.45, 7) is 6.52. The first kappa shape index (κ1) is 17.3. The summed E-state index contributed by atoms with van der Waals surface area (Å²) in [5.74, 6) is 1.70. The van der Waals surface area contributed by atoms with Crippen LogP contribution < -0.4 is 20.9 Å². The minimum atomic E-state index is -0.0984. The molecule has 0 bridgehead atoms. The molecule has 0 aromatic heterocycles. The van der Waals surface area contributed by atoms with Crippen molar-refractivity contribution in [2.45, 2.75) is 19.3 Å². The molecule has 2 aromatic carbocycles. The van der Waals surface area contributed by atoms with Gasteiger partial charge in [0.1, 0.15) is 24.7 Å². The first-order chi connectivity index (χ1) is 11.1. The van der Waals surface area contributed by atoms with E-state index in [0.717, 1.165) is 11.5 Å². The van der Waals surface area contributed by atoms with Crippen LogP contribution in [0.15, 0.2) is 48.5 Å². The van der Waals surface area contributed by atoms with Gasteiger partial charge in [0.25, 0.3) is 0 Å². The molecule has 0 aliphatic carbocycles. The number of hydrogen-bond acceptors (Lipinski definition) is 4. The number of nitrogens with two attached hydrogens (primary N) is 2. The molecular formula is C19H26N2O2. The molecular weight excluding hydrogens is 288 g/mol. The van der Waals surface area contributed by atoms with E-state index in [4.69, 9.17) is 20.9 Å². The van der Waals surface area contributed by atoms with Crippen molar-refractivity contribution in [1.29, 1.82) is 0 Å². The van der Waals surface area contributed by atoms with Crippen molar-refractivity contribution in [3.63, 3.8) is 0 Å². The standard InChI is InChI=1S/C19H26N2O2/c1-19(2,15-3-7-17(8-4-15)22-13-11-20)16-5-9-18(10-6-16)23-14-12-21/h3-10H,11-14,20-21H2,1-2H3. The minimum Gasteiger partial charge on any atom is -0.492 e. The van der Waals surface area contributed by atoms with E-state index in [1.807, 2.05) is 24.3 Å². The minimum absolute atomic E-state index is 0.0984. The largest absolute Gasteiger partial charge is 0.492 e. The Morgan fingerprint density at radius 2 is 1.04 bits per heavy atom. The zero-order valence-electron chi connectivity index (χ0n) is 13.9. The van der Waals surface area contributed by atoms with Crippen LogP contribution in [0.1, 0.15) is 25.0 Å². The summed E-state index contributed by atoms with van der Waals surface area (Å²) in [6.07, 6.45) is 0. The molecule has 124 valence electrons. The third kappa shape index (κ3) is 4.47. The van der Waals surface area contributed by atoms with Crippen molar-refractivity contribution in [2.24, 2.45) is 11.5 Å². The summed E-state index contributed by atoms with van der Waals surface area (Å²) >= 11 is 0. The summed E-state index contributed by atoms with van der Waals surface area (Å²) in [6, 6.07) is 16.4. The summed E-state index contributed by atoms with van der Waals surface area (Å²) < 4.78 is 11.1.